The zero-order valence-electron chi connectivity index (χ0n) is 7.67. The van der Waals surface area contributed by atoms with E-state index in [9.17, 15) is 9.18 Å². The van der Waals surface area contributed by atoms with Gasteiger partial charge in [0.25, 0.3) is 0 Å². The highest BCUT2D eigenvalue weighted by Crippen LogP contribution is 2.14. The van der Waals surface area contributed by atoms with Gasteiger partial charge in [-0.3, -0.25) is 4.79 Å². The molecule has 1 rings (SSSR count). The van der Waals surface area contributed by atoms with Gasteiger partial charge >= 0.3 is 5.97 Å². The van der Waals surface area contributed by atoms with E-state index >= 15 is 0 Å². The molecule has 0 saturated carbocycles. The smallest absolute Gasteiger partial charge is 0.319 e. The SMILES string of the molecule is COC(=O)[C@@H](Br)Cc1ccccc1F. The molecule has 0 amide bonds. The molecule has 0 spiro atoms. The predicted molar refractivity (Wildman–Crippen MR) is 54.8 cm³/mol. The largest absolute Gasteiger partial charge is 0.468 e. The van der Waals surface area contributed by atoms with Crippen LogP contribution in [0.15, 0.2) is 24.3 Å². The molecule has 0 aliphatic heterocycles. The molecule has 0 N–H and O–H groups in total. The van der Waals surface area contributed by atoms with Crippen LogP contribution in [-0.2, 0) is 16.0 Å². The molecule has 0 unspecified atom stereocenters. The van der Waals surface area contributed by atoms with Gasteiger partial charge in [0.15, 0.2) is 0 Å². The molecular formula is C10H10BrFO2. The molecule has 0 saturated heterocycles. The molecule has 0 fully saturated rings. The molecule has 1 atom stereocenters. The second kappa shape index (κ2) is 5.10. The topological polar surface area (TPSA) is 26.3 Å². The Bertz CT molecular complexity index is 328. The third-order valence-corrected chi connectivity index (χ3v) is 2.51. The van der Waals surface area contributed by atoms with Gasteiger partial charge in [0.05, 0.1) is 7.11 Å². The first kappa shape index (κ1) is 11.2. The second-order valence-electron chi connectivity index (χ2n) is 2.79. The predicted octanol–water partition coefficient (Wildman–Crippen LogP) is 2.30. The van der Waals surface area contributed by atoms with Gasteiger partial charge in [-0.2, -0.15) is 0 Å². The number of methoxy groups -OCH3 is 1. The van der Waals surface area contributed by atoms with Gasteiger partial charge in [0.2, 0.25) is 0 Å². The van der Waals surface area contributed by atoms with Crippen molar-refractivity contribution >= 4 is 21.9 Å². The summed E-state index contributed by atoms with van der Waals surface area (Å²) in [4.78, 5) is 10.5. The van der Waals surface area contributed by atoms with E-state index in [1.54, 1.807) is 18.2 Å². The van der Waals surface area contributed by atoms with E-state index < -0.39 is 10.8 Å². The highest BCUT2D eigenvalue weighted by atomic mass is 79.9. The fourth-order valence-corrected chi connectivity index (χ4v) is 1.60. The zero-order chi connectivity index (χ0) is 10.6. The van der Waals surface area contributed by atoms with Crippen LogP contribution in [-0.4, -0.2) is 17.9 Å². The van der Waals surface area contributed by atoms with Gasteiger partial charge in [-0.1, -0.05) is 34.1 Å². The fourth-order valence-electron chi connectivity index (χ4n) is 1.07. The summed E-state index contributed by atoms with van der Waals surface area (Å²) in [5.74, 6) is -0.700. The molecule has 76 valence electrons. The molecule has 4 heteroatoms. The Kier molecular flexibility index (Phi) is 4.07. The van der Waals surface area contributed by atoms with E-state index in [1.807, 2.05) is 0 Å². The average molecular weight is 261 g/mol. The van der Waals surface area contributed by atoms with Crippen molar-refractivity contribution in [1.82, 2.24) is 0 Å². The summed E-state index contributed by atoms with van der Waals surface area (Å²) in [5, 5.41) is 0. The Labute approximate surface area is 90.2 Å². The number of hydrogen-bond donors (Lipinski definition) is 0. The number of carbonyl (C=O) groups is 1. The number of carbonyl (C=O) groups excluding carboxylic acids is 1. The Morgan fingerprint density at radius 3 is 2.79 bits per heavy atom. The van der Waals surface area contributed by atoms with Crippen molar-refractivity contribution in [2.75, 3.05) is 7.11 Å². The minimum Gasteiger partial charge on any atom is -0.468 e. The van der Waals surface area contributed by atoms with Crippen LogP contribution >= 0.6 is 15.9 Å². The Morgan fingerprint density at radius 2 is 2.21 bits per heavy atom. The maximum Gasteiger partial charge on any atom is 0.319 e. The van der Waals surface area contributed by atoms with Gasteiger partial charge in [-0.05, 0) is 18.1 Å². The lowest BCUT2D eigenvalue weighted by Crippen LogP contribution is -2.18. The highest BCUT2D eigenvalue weighted by Gasteiger charge is 2.17. The third-order valence-electron chi connectivity index (χ3n) is 1.81. The van der Waals surface area contributed by atoms with Crippen LogP contribution in [0.2, 0.25) is 0 Å². The fraction of sp³-hybridized carbons (Fsp3) is 0.300. The number of ether oxygens (including phenoxy) is 1. The van der Waals surface area contributed by atoms with Gasteiger partial charge in [0, 0.05) is 0 Å². The quantitative estimate of drug-likeness (QED) is 0.616. The molecule has 0 aromatic heterocycles. The molecule has 0 bridgehead atoms. The summed E-state index contributed by atoms with van der Waals surface area (Å²) in [5.41, 5.74) is 0.500. The normalized spacial score (nSPS) is 12.2. The van der Waals surface area contributed by atoms with Crippen LogP contribution in [0.4, 0.5) is 4.39 Å². The van der Waals surface area contributed by atoms with Crippen LogP contribution < -0.4 is 0 Å². The minimum atomic E-state index is -0.496. The molecule has 14 heavy (non-hydrogen) atoms. The van der Waals surface area contributed by atoms with Crippen molar-refractivity contribution in [2.24, 2.45) is 0 Å². The Balaban J connectivity index is 2.69. The lowest BCUT2D eigenvalue weighted by atomic mass is 10.1. The summed E-state index contributed by atoms with van der Waals surface area (Å²) >= 11 is 3.13. The van der Waals surface area contributed by atoms with E-state index in [1.165, 1.54) is 13.2 Å². The maximum absolute atomic E-state index is 13.1. The third kappa shape index (κ3) is 2.80. The summed E-state index contributed by atoms with van der Waals surface area (Å²) in [6.45, 7) is 0. The van der Waals surface area contributed by atoms with Crippen LogP contribution in [0.3, 0.4) is 0 Å². The molecular weight excluding hydrogens is 251 g/mol. The van der Waals surface area contributed by atoms with Crippen molar-refractivity contribution in [3.05, 3.63) is 35.6 Å². The van der Waals surface area contributed by atoms with Gasteiger partial charge < -0.3 is 4.74 Å². The first-order valence-electron chi connectivity index (χ1n) is 4.10. The first-order chi connectivity index (χ1) is 6.65. The number of rotatable bonds is 3. The number of hydrogen-bond acceptors (Lipinski definition) is 2. The van der Waals surface area contributed by atoms with Crippen LogP contribution in [0, 0.1) is 5.82 Å². The zero-order valence-corrected chi connectivity index (χ0v) is 9.25. The molecule has 1 aromatic carbocycles. The van der Waals surface area contributed by atoms with E-state index in [4.69, 9.17) is 0 Å². The minimum absolute atomic E-state index is 0.291. The molecule has 0 aliphatic rings. The summed E-state index contributed by atoms with van der Waals surface area (Å²) in [6.07, 6.45) is 0.291. The van der Waals surface area contributed by atoms with E-state index in [2.05, 4.69) is 20.7 Å². The summed E-state index contributed by atoms with van der Waals surface area (Å²) in [6, 6.07) is 6.36. The number of esters is 1. The molecule has 1 aromatic rings. The van der Waals surface area contributed by atoms with Crippen molar-refractivity contribution in [1.29, 1.82) is 0 Å². The van der Waals surface area contributed by atoms with Crippen LogP contribution in [0.25, 0.3) is 0 Å². The van der Waals surface area contributed by atoms with E-state index in [0.29, 0.717) is 12.0 Å². The summed E-state index contributed by atoms with van der Waals surface area (Å²) < 4.78 is 17.7. The second-order valence-corrected chi connectivity index (χ2v) is 3.89. The Morgan fingerprint density at radius 1 is 1.57 bits per heavy atom. The van der Waals surface area contributed by atoms with Crippen molar-refractivity contribution < 1.29 is 13.9 Å². The summed E-state index contributed by atoms with van der Waals surface area (Å²) in [7, 11) is 1.30. The van der Waals surface area contributed by atoms with E-state index in [-0.39, 0.29) is 5.82 Å². The number of halogens is 2. The molecule has 2 nitrogen and oxygen atoms in total. The van der Waals surface area contributed by atoms with Crippen molar-refractivity contribution in [3.63, 3.8) is 0 Å². The van der Waals surface area contributed by atoms with E-state index in [0.717, 1.165) is 0 Å². The van der Waals surface area contributed by atoms with Crippen LogP contribution in [0.1, 0.15) is 5.56 Å². The van der Waals surface area contributed by atoms with Gasteiger partial charge in [-0.25, -0.2) is 4.39 Å². The highest BCUT2D eigenvalue weighted by molar-refractivity contribution is 9.10. The lowest BCUT2D eigenvalue weighted by Gasteiger charge is -2.07. The maximum atomic E-state index is 13.1. The Hall–Kier alpha value is -0.900. The van der Waals surface area contributed by atoms with Gasteiger partial charge in [0.1, 0.15) is 10.6 Å². The van der Waals surface area contributed by atoms with Crippen LogP contribution in [0.5, 0.6) is 0 Å². The molecule has 0 radical (unpaired) electrons. The average Bonchev–Trinajstić information content (AvgIpc) is 2.20. The lowest BCUT2D eigenvalue weighted by molar-refractivity contribution is -0.139. The molecule has 0 aliphatic carbocycles. The monoisotopic (exact) mass is 260 g/mol. The van der Waals surface area contributed by atoms with Gasteiger partial charge in [-0.15, -0.1) is 0 Å². The first-order valence-corrected chi connectivity index (χ1v) is 5.02. The number of benzene rings is 1. The van der Waals surface area contributed by atoms with Crippen molar-refractivity contribution in [3.8, 4) is 0 Å². The standard InChI is InChI=1S/C10H10BrFO2/c1-14-10(13)8(11)6-7-4-2-3-5-9(7)12/h2-5,8H,6H2,1H3/t8-/m0/s1. The molecule has 0 heterocycles. The number of alkyl halides is 1. The van der Waals surface area contributed by atoms with Crippen molar-refractivity contribution in [2.45, 2.75) is 11.2 Å².